The Kier molecular flexibility index (Phi) is 3.99. The van der Waals surface area contributed by atoms with Crippen molar-refractivity contribution >= 4 is 0 Å². The normalized spacial score (nSPS) is 44.1. The molecule has 5 aliphatic rings. The lowest BCUT2D eigenvalue weighted by molar-refractivity contribution is -0.0291. The molecule has 4 bridgehead atoms. The molecule has 4 aliphatic carbocycles. The summed E-state index contributed by atoms with van der Waals surface area (Å²) in [6.45, 7) is 5.12. The van der Waals surface area contributed by atoms with Crippen LogP contribution in [0.3, 0.4) is 0 Å². The van der Waals surface area contributed by atoms with Crippen molar-refractivity contribution in [3.05, 3.63) is 0 Å². The molecule has 1 heterocycles. The van der Waals surface area contributed by atoms with Gasteiger partial charge in [-0.05, 0) is 56.3 Å². The van der Waals surface area contributed by atoms with E-state index < -0.39 is 0 Å². The highest BCUT2D eigenvalue weighted by Crippen LogP contribution is 2.55. The van der Waals surface area contributed by atoms with Crippen molar-refractivity contribution < 1.29 is 9.84 Å². The number of morpholine rings is 1. The second-order valence-corrected chi connectivity index (χ2v) is 8.15. The van der Waals surface area contributed by atoms with E-state index in [2.05, 4.69) is 10.2 Å². The van der Waals surface area contributed by atoms with E-state index in [0.29, 0.717) is 5.54 Å². The smallest absolute Gasteiger partial charge is 0.0791 e. The van der Waals surface area contributed by atoms with E-state index in [-0.39, 0.29) is 6.10 Å². The summed E-state index contributed by atoms with van der Waals surface area (Å²) in [7, 11) is 0. The summed E-state index contributed by atoms with van der Waals surface area (Å²) in [6, 6.07) is 0. The molecule has 1 atom stereocenters. The third kappa shape index (κ3) is 3.14. The van der Waals surface area contributed by atoms with Gasteiger partial charge in [0, 0.05) is 31.7 Å². The second-order valence-electron chi connectivity index (χ2n) is 8.15. The monoisotopic (exact) mass is 294 g/mol. The predicted molar refractivity (Wildman–Crippen MR) is 82.2 cm³/mol. The van der Waals surface area contributed by atoms with Gasteiger partial charge >= 0.3 is 0 Å². The van der Waals surface area contributed by atoms with Crippen molar-refractivity contribution in [3.8, 4) is 0 Å². The van der Waals surface area contributed by atoms with Gasteiger partial charge in [-0.15, -0.1) is 0 Å². The minimum absolute atomic E-state index is 0.240. The Morgan fingerprint density at radius 2 is 1.62 bits per heavy atom. The summed E-state index contributed by atoms with van der Waals surface area (Å²) in [6.07, 6.45) is 8.30. The maximum absolute atomic E-state index is 10.4. The van der Waals surface area contributed by atoms with Crippen molar-refractivity contribution in [1.82, 2.24) is 10.2 Å². The van der Waals surface area contributed by atoms with Gasteiger partial charge in [-0.1, -0.05) is 0 Å². The van der Waals surface area contributed by atoms with E-state index >= 15 is 0 Å². The van der Waals surface area contributed by atoms with Gasteiger partial charge in [-0.25, -0.2) is 0 Å². The highest BCUT2D eigenvalue weighted by molar-refractivity contribution is 5.06. The Labute approximate surface area is 128 Å². The van der Waals surface area contributed by atoms with E-state index in [1.165, 1.54) is 38.5 Å². The molecular weight excluding hydrogens is 264 g/mol. The number of hydrogen-bond donors (Lipinski definition) is 2. The van der Waals surface area contributed by atoms with Crippen molar-refractivity contribution in [3.63, 3.8) is 0 Å². The number of hydrogen-bond acceptors (Lipinski definition) is 4. The number of rotatable bonds is 5. The molecular formula is C17H30N2O2. The van der Waals surface area contributed by atoms with Crippen molar-refractivity contribution in [2.45, 2.75) is 50.2 Å². The van der Waals surface area contributed by atoms with Crippen LogP contribution in [0.25, 0.3) is 0 Å². The maximum atomic E-state index is 10.4. The number of β-amino-alcohol motifs (C(OH)–C–C–N with tert-alkyl or cyclic N) is 1. The molecule has 0 amide bonds. The fourth-order valence-corrected chi connectivity index (χ4v) is 5.81. The third-order valence-electron chi connectivity index (χ3n) is 6.32. The van der Waals surface area contributed by atoms with Crippen molar-refractivity contribution in [2.24, 2.45) is 17.8 Å². The summed E-state index contributed by atoms with van der Waals surface area (Å²) < 4.78 is 5.37. The first-order valence-corrected chi connectivity index (χ1v) is 8.94. The van der Waals surface area contributed by atoms with E-state index in [0.717, 1.165) is 57.1 Å². The number of aliphatic hydroxyl groups is 1. The molecule has 2 N–H and O–H groups in total. The van der Waals surface area contributed by atoms with Gasteiger partial charge in [0.2, 0.25) is 0 Å². The van der Waals surface area contributed by atoms with Crippen molar-refractivity contribution in [2.75, 3.05) is 39.4 Å². The maximum Gasteiger partial charge on any atom is 0.0791 e. The molecule has 0 aromatic carbocycles. The van der Waals surface area contributed by atoms with Crippen LogP contribution in [0.2, 0.25) is 0 Å². The first-order chi connectivity index (χ1) is 10.2. The molecule has 0 spiro atoms. The van der Waals surface area contributed by atoms with E-state index in [1.54, 1.807) is 0 Å². The average molecular weight is 294 g/mol. The predicted octanol–water partition coefficient (Wildman–Crippen LogP) is 1.24. The van der Waals surface area contributed by atoms with Crippen LogP contribution in [0.1, 0.15) is 38.5 Å². The molecule has 5 rings (SSSR count). The van der Waals surface area contributed by atoms with Crippen LogP contribution in [0.5, 0.6) is 0 Å². The van der Waals surface area contributed by atoms with Crippen LogP contribution in [0.15, 0.2) is 0 Å². The SMILES string of the molecule is OC(CNC12CC3CC(CC(C3)C1)C2)CN1CCOCC1. The van der Waals surface area contributed by atoms with Crippen LogP contribution < -0.4 is 5.32 Å². The minimum atomic E-state index is -0.240. The Morgan fingerprint density at radius 1 is 1.05 bits per heavy atom. The molecule has 4 heteroatoms. The lowest BCUT2D eigenvalue weighted by Crippen LogP contribution is -2.60. The van der Waals surface area contributed by atoms with E-state index in [4.69, 9.17) is 4.74 Å². The molecule has 4 nitrogen and oxygen atoms in total. The van der Waals surface area contributed by atoms with Crippen LogP contribution in [0, 0.1) is 17.8 Å². The molecule has 1 unspecified atom stereocenters. The molecule has 0 aromatic heterocycles. The molecule has 0 radical (unpaired) electrons. The number of nitrogens with one attached hydrogen (secondary N) is 1. The molecule has 1 aliphatic heterocycles. The summed E-state index contributed by atoms with van der Waals surface area (Å²) in [5.41, 5.74) is 0.376. The molecule has 120 valence electrons. The molecule has 5 fully saturated rings. The zero-order valence-electron chi connectivity index (χ0n) is 13.1. The van der Waals surface area contributed by atoms with Gasteiger partial charge < -0.3 is 15.2 Å². The van der Waals surface area contributed by atoms with Crippen LogP contribution in [-0.4, -0.2) is 61.0 Å². The van der Waals surface area contributed by atoms with Crippen molar-refractivity contribution in [1.29, 1.82) is 0 Å². The minimum Gasteiger partial charge on any atom is -0.390 e. The topological polar surface area (TPSA) is 44.7 Å². The largest absolute Gasteiger partial charge is 0.390 e. The molecule has 0 aromatic rings. The summed E-state index contributed by atoms with van der Waals surface area (Å²) >= 11 is 0. The fourth-order valence-electron chi connectivity index (χ4n) is 5.81. The number of ether oxygens (including phenoxy) is 1. The van der Waals surface area contributed by atoms with Gasteiger partial charge in [-0.2, -0.15) is 0 Å². The van der Waals surface area contributed by atoms with Gasteiger partial charge in [0.1, 0.15) is 0 Å². The van der Waals surface area contributed by atoms with E-state index in [1.807, 2.05) is 0 Å². The van der Waals surface area contributed by atoms with E-state index in [9.17, 15) is 5.11 Å². The van der Waals surface area contributed by atoms with Crippen LogP contribution >= 0.6 is 0 Å². The zero-order chi connectivity index (χ0) is 14.3. The standard InChI is InChI=1S/C17H30N2O2/c20-16(12-19-1-3-21-4-2-19)11-18-17-8-13-5-14(9-17)7-15(6-13)10-17/h13-16,18,20H,1-12H2. The quantitative estimate of drug-likeness (QED) is 0.801. The first kappa shape index (κ1) is 14.4. The average Bonchev–Trinajstić information content (AvgIpc) is 2.45. The van der Waals surface area contributed by atoms with Crippen LogP contribution in [-0.2, 0) is 4.74 Å². The lowest BCUT2D eigenvalue weighted by Gasteiger charge is -2.57. The van der Waals surface area contributed by atoms with Gasteiger partial charge in [0.25, 0.3) is 0 Å². The number of nitrogens with zero attached hydrogens (tertiary/aromatic N) is 1. The number of aliphatic hydroxyl groups excluding tert-OH is 1. The van der Waals surface area contributed by atoms with Gasteiger partial charge in [-0.3, -0.25) is 4.90 Å². The first-order valence-electron chi connectivity index (χ1n) is 8.94. The summed E-state index contributed by atoms with van der Waals surface area (Å²) in [4.78, 5) is 2.33. The van der Waals surface area contributed by atoms with Gasteiger partial charge in [0.05, 0.1) is 19.3 Å². The Hall–Kier alpha value is -0.160. The highest BCUT2D eigenvalue weighted by atomic mass is 16.5. The molecule has 4 saturated carbocycles. The lowest BCUT2D eigenvalue weighted by atomic mass is 9.53. The Bertz CT molecular complexity index is 333. The zero-order valence-corrected chi connectivity index (χ0v) is 13.1. The summed E-state index contributed by atoms with van der Waals surface area (Å²) in [5.74, 6) is 2.92. The Morgan fingerprint density at radius 3 is 2.19 bits per heavy atom. The highest BCUT2D eigenvalue weighted by Gasteiger charge is 2.50. The Balaban J connectivity index is 1.28. The van der Waals surface area contributed by atoms with Gasteiger partial charge in [0.15, 0.2) is 0 Å². The second kappa shape index (κ2) is 5.80. The summed E-state index contributed by atoms with van der Waals surface area (Å²) in [5, 5.41) is 14.2. The van der Waals surface area contributed by atoms with Crippen LogP contribution in [0.4, 0.5) is 0 Å². The molecule has 1 saturated heterocycles. The molecule has 21 heavy (non-hydrogen) atoms. The fraction of sp³-hybridized carbons (Fsp3) is 1.00. The third-order valence-corrected chi connectivity index (χ3v) is 6.32.